The van der Waals surface area contributed by atoms with E-state index in [9.17, 15) is 14.4 Å². The number of rotatable bonds is 62. The van der Waals surface area contributed by atoms with Crippen LogP contribution in [0.15, 0.2) is 134 Å². The number of allylic oxidation sites excluding steroid dienone is 22. The quantitative estimate of drug-likeness (QED) is 0.0261. The second-order valence-electron chi connectivity index (χ2n) is 22.7. The van der Waals surface area contributed by atoms with Crippen molar-refractivity contribution in [2.45, 2.75) is 322 Å². The summed E-state index contributed by atoms with van der Waals surface area (Å²) < 4.78 is 16.9. The minimum atomic E-state index is -0.801. The van der Waals surface area contributed by atoms with Crippen molar-refractivity contribution in [3.05, 3.63) is 134 Å². The zero-order chi connectivity index (χ0) is 59.9. The summed E-state index contributed by atoms with van der Waals surface area (Å²) in [5.41, 5.74) is 0. The Labute approximate surface area is 513 Å². The topological polar surface area (TPSA) is 78.9 Å². The molecule has 6 heteroatoms. The maximum absolute atomic E-state index is 12.9. The maximum Gasteiger partial charge on any atom is 0.306 e. The summed E-state index contributed by atoms with van der Waals surface area (Å²) in [5.74, 6) is -0.925. The van der Waals surface area contributed by atoms with E-state index in [0.717, 1.165) is 135 Å². The number of carbonyl (C=O) groups excluding carboxylic acids is 3. The van der Waals surface area contributed by atoms with Gasteiger partial charge < -0.3 is 14.2 Å². The first kappa shape index (κ1) is 78.5. The van der Waals surface area contributed by atoms with Gasteiger partial charge in [0.25, 0.3) is 0 Å². The van der Waals surface area contributed by atoms with Gasteiger partial charge in [-0.05, 0) is 122 Å². The highest BCUT2D eigenvalue weighted by atomic mass is 16.6. The molecule has 0 heterocycles. The van der Waals surface area contributed by atoms with E-state index in [-0.39, 0.29) is 31.1 Å². The van der Waals surface area contributed by atoms with Gasteiger partial charge >= 0.3 is 17.9 Å². The molecule has 0 aliphatic rings. The number of esters is 3. The molecule has 6 nitrogen and oxygen atoms in total. The lowest BCUT2D eigenvalue weighted by Gasteiger charge is -2.18. The number of carbonyl (C=O) groups is 3. The predicted octanol–water partition coefficient (Wildman–Crippen LogP) is 24.1. The second kappa shape index (κ2) is 70.0. The molecule has 0 saturated carbocycles. The summed E-state index contributed by atoms with van der Waals surface area (Å²) in [4.78, 5) is 38.4. The molecule has 1 unspecified atom stereocenters. The van der Waals surface area contributed by atoms with E-state index >= 15 is 0 Å². The van der Waals surface area contributed by atoms with E-state index in [2.05, 4.69) is 154 Å². The van der Waals surface area contributed by atoms with Crippen LogP contribution in [0.25, 0.3) is 0 Å². The van der Waals surface area contributed by atoms with Crippen molar-refractivity contribution < 1.29 is 28.6 Å². The van der Waals surface area contributed by atoms with Gasteiger partial charge in [0, 0.05) is 19.3 Å². The Hall–Kier alpha value is -4.45. The minimum absolute atomic E-state index is 0.0922. The average molecular weight is 1150 g/mol. The smallest absolute Gasteiger partial charge is 0.306 e. The summed E-state index contributed by atoms with van der Waals surface area (Å²) in [6, 6.07) is 0. The molecule has 0 amide bonds. The van der Waals surface area contributed by atoms with Crippen molar-refractivity contribution in [1.82, 2.24) is 0 Å². The molecule has 0 fully saturated rings. The van der Waals surface area contributed by atoms with Crippen LogP contribution in [0.5, 0.6) is 0 Å². The molecule has 0 N–H and O–H groups in total. The van der Waals surface area contributed by atoms with Crippen LogP contribution in [0, 0.1) is 0 Å². The molecular weight excluding hydrogens is 1020 g/mol. The zero-order valence-electron chi connectivity index (χ0n) is 54.2. The fourth-order valence-electron chi connectivity index (χ4n) is 9.47. The van der Waals surface area contributed by atoms with Gasteiger partial charge in [0.2, 0.25) is 0 Å². The molecular formula is C77H128O6. The molecule has 0 radical (unpaired) electrons. The van der Waals surface area contributed by atoms with Crippen molar-refractivity contribution in [1.29, 1.82) is 0 Å². The van der Waals surface area contributed by atoms with Gasteiger partial charge in [-0.25, -0.2) is 0 Å². The number of hydrogen-bond donors (Lipinski definition) is 0. The van der Waals surface area contributed by atoms with Crippen LogP contribution in [-0.2, 0) is 28.6 Å². The summed E-state index contributed by atoms with van der Waals surface area (Å²) in [5, 5.41) is 0. The Morgan fingerprint density at radius 1 is 0.253 bits per heavy atom. The van der Waals surface area contributed by atoms with Crippen LogP contribution in [0.4, 0.5) is 0 Å². The lowest BCUT2D eigenvalue weighted by Crippen LogP contribution is -2.30. The summed E-state index contributed by atoms with van der Waals surface area (Å²) in [6.45, 7) is 6.50. The van der Waals surface area contributed by atoms with E-state index in [4.69, 9.17) is 14.2 Å². The number of ether oxygens (including phenoxy) is 3. The largest absolute Gasteiger partial charge is 0.462 e. The van der Waals surface area contributed by atoms with Crippen LogP contribution >= 0.6 is 0 Å². The van der Waals surface area contributed by atoms with Gasteiger partial charge in [0.1, 0.15) is 13.2 Å². The molecule has 0 aromatic rings. The zero-order valence-corrected chi connectivity index (χ0v) is 54.2. The monoisotopic (exact) mass is 1150 g/mol. The molecule has 0 rings (SSSR count). The Kier molecular flexibility index (Phi) is 66.3. The molecule has 0 aromatic heterocycles. The molecule has 0 saturated heterocycles. The van der Waals surface area contributed by atoms with Crippen molar-refractivity contribution in [2.24, 2.45) is 0 Å². The molecule has 1 atom stereocenters. The Bertz CT molecular complexity index is 1750. The lowest BCUT2D eigenvalue weighted by atomic mass is 10.0. The van der Waals surface area contributed by atoms with Crippen LogP contribution in [0.2, 0.25) is 0 Å². The van der Waals surface area contributed by atoms with Crippen LogP contribution in [0.1, 0.15) is 316 Å². The molecule has 83 heavy (non-hydrogen) atoms. The molecule has 0 aliphatic heterocycles. The van der Waals surface area contributed by atoms with Crippen molar-refractivity contribution in [2.75, 3.05) is 13.2 Å². The van der Waals surface area contributed by atoms with Gasteiger partial charge in [0.05, 0.1) is 0 Å². The van der Waals surface area contributed by atoms with E-state index in [1.54, 1.807) is 0 Å². The van der Waals surface area contributed by atoms with Gasteiger partial charge in [-0.2, -0.15) is 0 Å². The Balaban J connectivity index is 4.42. The van der Waals surface area contributed by atoms with Crippen LogP contribution in [0.3, 0.4) is 0 Å². The first-order valence-electron chi connectivity index (χ1n) is 34.7. The lowest BCUT2D eigenvalue weighted by molar-refractivity contribution is -0.167. The highest BCUT2D eigenvalue weighted by molar-refractivity contribution is 5.71. The standard InChI is InChI=1S/C77H128O6/c1-4-7-10-13-16-19-22-25-28-31-32-33-34-35-36-37-38-39-40-41-42-43-44-47-49-52-55-58-61-64-67-70-76(79)82-73-74(83-77(80)71-68-65-62-59-56-53-50-46-30-27-24-21-18-15-12-9-6-3)72-81-75(78)69-66-63-60-57-54-51-48-45-29-26-23-20-17-14-11-8-5-2/h7,10,16,18-19,21,25,27-28,30,32-33,35-36,38-39,41-42,44,47,52,55,74H,4-6,8-9,11-15,17,20,22-24,26,29,31,34,37,40,43,45-46,48-51,53-54,56-73H2,1-3H3/b10-7-,19-16-,21-18-,28-25-,30-27-,33-32-,36-35-,39-38-,42-41-,47-44-,55-52-. The van der Waals surface area contributed by atoms with E-state index in [0.29, 0.717) is 19.3 Å². The fraction of sp³-hybridized carbons (Fsp3) is 0.675. The molecule has 472 valence electrons. The molecule has 0 bridgehead atoms. The first-order valence-corrected chi connectivity index (χ1v) is 34.7. The van der Waals surface area contributed by atoms with Crippen molar-refractivity contribution >= 4 is 17.9 Å². The fourth-order valence-corrected chi connectivity index (χ4v) is 9.47. The summed E-state index contributed by atoms with van der Waals surface area (Å²) >= 11 is 0. The number of hydrogen-bond acceptors (Lipinski definition) is 6. The maximum atomic E-state index is 12.9. The van der Waals surface area contributed by atoms with Crippen molar-refractivity contribution in [3.8, 4) is 0 Å². The first-order chi connectivity index (χ1) is 41.0. The highest BCUT2D eigenvalue weighted by Crippen LogP contribution is 2.16. The van der Waals surface area contributed by atoms with Gasteiger partial charge in [0.15, 0.2) is 6.10 Å². The third kappa shape index (κ3) is 68.2. The summed E-state index contributed by atoms with van der Waals surface area (Å²) in [7, 11) is 0. The van der Waals surface area contributed by atoms with Gasteiger partial charge in [-0.1, -0.05) is 309 Å². The van der Waals surface area contributed by atoms with E-state index in [1.807, 2.05) is 0 Å². The van der Waals surface area contributed by atoms with Crippen LogP contribution < -0.4 is 0 Å². The Morgan fingerprint density at radius 2 is 0.470 bits per heavy atom. The van der Waals surface area contributed by atoms with Gasteiger partial charge in [-0.3, -0.25) is 14.4 Å². The predicted molar refractivity (Wildman–Crippen MR) is 362 cm³/mol. The average Bonchev–Trinajstić information content (AvgIpc) is 3.49. The SMILES string of the molecule is CC/C=C\C/C=C\C/C=C\C/C=C\C/C=C\C/C=C\C/C=C\C/C=C\C/C=C\CCCCCC(=O)OCC(COC(=O)CCCCCCCCCCCCCCCCCCC)OC(=O)CCCCCCCCC/C=C\C/C=C\CCCCC. The van der Waals surface area contributed by atoms with E-state index in [1.165, 1.54) is 141 Å². The highest BCUT2D eigenvalue weighted by Gasteiger charge is 2.19. The van der Waals surface area contributed by atoms with E-state index < -0.39 is 6.10 Å². The third-order valence-electron chi connectivity index (χ3n) is 14.6. The Morgan fingerprint density at radius 3 is 0.771 bits per heavy atom. The molecule has 0 aliphatic carbocycles. The minimum Gasteiger partial charge on any atom is -0.462 e. The van der Waals surface area contributed by atoms with Gasteiger partial charge in [-0.15, -0.1) is 0 Å². The van der Waals surface area contributed by atoms with Crippen LogP contribution in [-0.4, -0.2) is 37.2 Å². The molecule has 0 aromatic carbocycles. The second-order valence-corrected chi connectivity index (χ2v) is 22.7. The third-order valence-corrected chi connectivity index (χ3v) is 14.6. The normalized spacial score (nSPS) is 13.0. The molecule has 0 spiro atoms. The number of unbranched alkanes of at least 4 members (excludes halogenated alkanes) is 29. The summed E-state index contributed by atoms with van der Waals surface area (Å²) in [6.07, 6.45) is 98.9. The van der Waals surface area contributed by atoms with Crippen molar-refractivity contribution in [3.63, 3.8) is 0 Å².